The molecule has 0 aliphatic rings. The standard InChI is InChI=1S/C18H26O10/c19-3-5-25-7-9-27-11-13-1-2-14(17(21)22)15(16(13)18(23)24)12-28-10-8-26-6-4-20/h1-2,19-20H,3-12H2,(H,21,22)(H,23,24). The first-order valence-corrected chi connectivity index (χ1v) is 8.67. The lowest BCUT2D eigenvalue weighted by molar-refractivity contribution is 0.0249. The molecule has 0 fully saturated rings. The van der Waals surface area contributed by atoms with E-state index in [1.54, 1.807) is 0 Å². The van der Waals surface area contributed by atoms with Crippen LogP contribution < -0.4 is 0 Å². The summed E-state index contributed by atoms with van der Waals surface area (Å²) in [5.74, 6) is -2.55. The lowest BCUT2D eigenvalue weighted by Crippen LogP contribution is -2.16. The average molecular weight is 402 g/mol. The van der Waals surface area contributed by atoms with E-state index in [1.807, 2.05) is 0 Å². The number of aromatic carboxylic acids is 2. The Hall–Kier alpha value is -2.08. The summed E-state index contributed by atoms with van der Waals surface area (Å²) in [7, 11) is 0. The van der Waals surface area contributed by atoms with Gasteiger partial charge in [0.1, 0.15) is 0 Å². The van der Waals surface area contributed by atoms with E-state index in [0.29, 0.717) is 5.56 Å². The predicted molar refractivity (Wildman–Crippen MR) is 95.5 cm³/mol. The molecular weight excluding hydrogens is 376 g/mol. The molecule has 10 heteroatoms. The molecule has 28 heavy (non-hydrogen) atoms. The van der Waals surface area contributed by atoms with Gasteiger partial charge in [0.15, 0.2) is 0 Å². The molecular formula is C18H26O10. The Bertz CT molecular complexity index is 617. The van der Waals surface area contributed by atoms with Crippen LogP contribution in [-0.2, 0) is 32.2 Å². The van der Waals surface area contributed by atoms with Gasteiger partial charge in [-0.05, 0) is 11.6 Å². The van der Waals surface area contributed by atoms with Gasteiger partial charge in [0.2, 0.25) is 0 Å². The van der Waals surface area contributed by atoms with Crippen LogP contribution in [0.3, 0.4) is 0 Å². The summed E-state index contributed by atoms with van der Waals surface area (Å²) in [6.45, 7) is 0.555. The Morgan fingerprint density at radius 1 is 0.714 bits per heavy atom. The van der Waals surface area contributed by atoms with Gasteiger partial charge in [0.25, 0.3) is 0 Å². The molecule has 0 heterocycles. The van der Waals surface area contributed by atoms with E-state index < -0.39 is 11.9 Å². The molecule has 0 atom stereocenters. The molecule has 158 valence electrons. The Morgan fingerprint density at radius 2 is 1.25 bits per heavy atom. The Morgan fingerprint density at radius 3 is 1.75 bits per heavy atom. The molecule has 0 saturated carbocycles. The van der Waals surface area contributed by atoms with Gasteiger partial charge in [-0.15, -0.1) is 0 Å². The van der Waals surface area contributed by atoms with E-state index in [1.165, 1.54) is 12.1 Å². The van der Waals surface area contributed by atoms with Gasteiger partial charge in [-0.3, -0.25) is 0 Å². The minimum Gasteiger partial charge on any atom is -0.478 e. The molecule has 1 rings (SSSR count). The molecule has 0 aromatic heterocycles. The Balaban J connectivity index is 2.84. The third kappa shape index (κ3) is 8.30. The van der Waals surface area contributed by atoms with E-state index in [2.05, 4.69) is 0 Å². The highest BCUT2D eigenvalue weighted by atomic mass is 16.5. The fourth-order valence-electron chi connectivity index (χ4n) is 2.36. The molecule has 0 saturated heterocycles. The SMILES string of the molecule is O=C(O)c1ccc(COCCOCCO)c(C(=O)O)c1COCCOCCO. The van der Waals surface area contributed by atoms with Crippen LogP contribution in [0.15, 0.2) is 12.1 Å². The summed E-state index contributed by atoms with van der Waals surface area (Å²) < 4.78 is 20.8. The molecule has 1 aromatic carbocycles. The summed E-state index contributed by atoms with van der Waals surface area (Å²) in [5.41, 5.74) is 0.0192. The lowest BCUT2D eigenvalue weighted by atomic mass is 9.96. The van der Waals surface area contributed by atoms with E-state index in [0.717, 1.165) is 0 Å². The Kier molecular flexibility index (Phi) is 12.0. The number of benzene rings is 1. The van der Waals surface area contributed by atoms with Crippen LogP contribution >= 0.6 is 0 Å². The Labute approximate surface area is 162 Å². The molecule has 10 nitrogen and oxygen atoms in total. The average Bonchev–Trinajstić information content (AvgIpc) is 2.66. The van der Waals surface area contributed by atoms with Crippen LogP contribution in [0.4, 0.5) is 0 Å². The molecule has 0 unspecified atom stereocenters. The maximum atomic E-state index is 11.8. The number of carboxylic acids is 2. The van der Waals surface area contributed by atoms with Gasteiger partial charge >= 0.3 is 11.9 Å². The summed E-state index contributed by atoms with van der Waals surface area (Å²) in [4.78, 5) is 23.2. The molecule has 4 N–H and O–H groups in total. The van der Waals surface area contributed by atoms with E-state index >= 15 is 0 Å². The number of carbonyl (C=O) groups is 2. The topological polar surface area (TPSA) is 152 Å². The first kappa shape index (κ1) is 24.0. The zero-order valence-corrected chi connectivity index (χ0v) is 15.5. The van der Waals surface area contributed by atoms with Crippen molar-refractivity contribution in [2.24, 2.45) is 0 Å². The summed E-state index contributed by atoms with van der Waals surface area (Å²) in [5, 5.41) is 36.2. The van der Waals surface area contributed by atoms with E-state index in [-0.39, 0.29) is 82.8 Å². The molecule has 0 amide bonds. The third-order valence-corrected chi connectivity index (χ3v) is 3.56. The van der Waals surface area contributed by atoms with Gasteiger partial charge in [-0.2, -0.15) is 0 Å². The number of hydrogen-bond donors (Lipinski definition) is 4. The van der Waals surface area contributed by atoms with Crippen molar-refractivity contribution in [3.63, 3.8) is 0 Å². The van der Waals surface area contributed by atoms with E-state index in [4.69, 9.17) is 29.2 Å². The monoisotopic (exact) mass is 402 g/mol. The van der Waals surface area contributed by atoms with Crippen LogP contribution in [0.5, 0.6) is 0 Å². The van der Waals surface area contributed by atoms with Crippen molar-refractivity contribution in [3.8, 4) is 0 Å². The van der Waals surface area contributed by atoms with Gasteiger partial charge < -0.3 is 39.4 Å². The summed E-state index contributed by atoms with van der Waals surface area (Å²) in [6, 6.07) is 2.71. The molecule has 0 aliphatic carbocycles. The van der Waals surface area contributed by atoms with Crippen LogP contribution in [0.1, 0.15) is 31.8 Å². The molecule has 0 spiro atoms. The van der Waals surface area contributed by atoms with Crippen molar-refractivity contribution < 1.29 is 49.0 Å². The first-order valence-electron chi connectivity index (χ1n) is 8.67. The van der Waals surface area contributed by atoms with Gasteiger partial charge in [0, 0.05) is 5.56 Å². The van der Waals surface area contributed by atoms with Crippen LogP contribution in [0.25, 0.3) is 0 Å². The van der Waals surface area contributed by atoms with Crippen molar-refractivity contribution in [2.45, 2.75) is 13.2 Å². The fourth-order valence-corrected chi connectivity index (χ4v) is 2.36. The smallest absolute Gasteiger partial charge is 0.336 e. The van der Waals surface area contributed by atoms with Gasteiger partial charge in [0.05, 0.1) is 77.2 Å². The van der Waals surface area contributed by atoms with Crippen LogP contribution in [0.2, 0.25) is 0 Å². The maximum absolute atomic E-state index is 11.8. The fraction of sp³-hybridized carbons (Fsp3) is 0.556. The molecule has 1 aromatic rings. The zero-order chi connectivity index (χ0) is 20.8. The maximum Gasteiger partial charge on any atom is 0.336 e. The highest BCUT2D eigenvalue weighted by molar-refractivity contribution is 5.97. The number of hydrogen-bond acceptors (Lipinski definition) is 8. The predicted octanol–water partition coefficient (Wildman–Crippen LogP) is 0.134. The normalized spacial score (nSPS) is 10.9. The molecule has 0 radical (unpaired) electrons. The number of carboxylic acid groups (broad SMARTS) is 2. The van der Waals surface area contributed by atoms with Crippen molar-refractivity contribution in [3.05, 3.63) is 34.4 Å². The van der Waals surface area contributed by atoms with Crippen molar-refractivity contribution in [1.82, 2.24) is 0 Å². The highest BCUT2D eigenvalue weighted by Crippen LogP contribution is 2.22. The van der Waals surface area contributed by atoms with E-state index in [9.17, 15) is 19.8 Å². The minimum absolute atomic E-state index is 0.0415. The van der Waals surface area contributed by atoms with Crippen molar-refractivity contribution in [2.75, 3.05) is 52.9 Å². The highest BCUT2D eigenvalue weighted by Gasteiger charge is 2.22. The second-order valence-corrected chi connectivity index (χ2v) is 5.51. The number of ether oxygens (including phenoxy) is 4. The minimum atomic E-state index is -1.28. The van der Waals surface area contributed by atoms with Crippen LogP contribution in [0, 0.1) is 0 Å². The molecule has 0 aliphatic heterocycles. The second kappa shape index (κ2) is 14.0. The third-order valence-electron chi connectivity index (χ3n) is 3.56. The quantitative estimate of drug-likeness (QED) is 0.281. The second-order valence-electron chi connectivity index (χ2n) is 5.51. The van der Waals surface area contributed by atoms with Crippen molar-refractivity contribution in [1.29, 1.82) is 0 Å². The lowest BCUT2D eigenvalue weighted by Gasteiger charge is -2.15. The number of aliphatic hydroxyl groups excluding tert-OH is 2. The summed E-state index contributed by atoms with van der Waals surface area (Å²) in [6.07, 6.45) is 0. The zero-order valence-electron chi connectivity index (χ0n) is 15.5. The first-order chi connectivity index (χ1) is 13.5. The van der Waals surface area contributed by atoms with Crippen LogP contribution in [-0.4, -0.2) is 85.2 Å². The van der Waals surface area contributed by atoms with Gasteiger partial charge in [-0.1, -0.05) is 6.07 Å². The van der Waals surface area contributed by atoms with Gasteiger partial charge in [-0.25, -0.2) is 9.59 Å². The summed E-state index contributed by atoms with van der Waals surface area (Å²) >= 11 is 0. The van der Waals surface area contributed by atoms with Crippen molar-refractivity contribution >= 4 is 11.9 Å². The molecule has 0 bridgehead atoms. The number of aliphatic hydroxyl groups is 2. The largest absolute Gasteiger partial charge is 0.478 e. The number of rotatable bonds is 16.